The average Bonchev–Trinajstić information content (AvgIpc) is 2.70. The molecule has 0 fully saturated rings. The highest BCUT2D eigenvalue weighted by molar-refractivity contribution is 9.10. The number of H-pyrrole nitrogens is 1. The van der Waals surface area contributed by atoms with Crippen LogP contribution in [0.1, 0.15) is 18.5 Å². The van der Waals surface area contributed by atoms with Gasteiger partial charge in [0.2, 0.25) is 0 Å². The first-order valence-electron chi connectivity index (χ1n) is 4.76. The molecule has 78 valence electrons. The average molecular weight is 266 g/mol. The fourth-order valence-electron chi connectivity index (χ4n) is 1.44. The molecule has 2 N–H and O–H groups in total. The van der Waals surface area contributed by atoms with Crippen molar-refractivity contribution in [1.29, 1.82) is 0 Å². The van der Waals surface area contributed by atoms with Gasteiger partial charge in [0.1, 0.15) is 0 Å². The van der Waals surface area contributed by atoms with Crippen molar-refractivity contribution in [2.24, 2.45) is 0 Å². The molecule has 1 atom stereocenters. The molecule has 0 aliphatic heterocycles. The molecule has 2 aromatic rings. The van der Waals surface area contributed by atoms with Gasteiger partial charge < -0.3 is 5.32 Å². The monoisotopic (exact) mass is 265 g/mol. The largest absolute Gasteiger partial charge is 0.376 e. The Morgan fingerprint density at radius 2 is 2.33 bits per heavy atom. The van der Waals surface area contributed by atoms with E-state index in [9.17, 15) is 0 Å². The van der Waals surface area contributed by atoms with E-state index in [0.717, 1.165) is 10.2 Å². The lowest BCUT2D eigenvalue weighted by atomic mass is 10.1. The zero-order valence-electron chi connectivity index (χ0n) is 8.37. The van der Waals surface area contributed by atoms with Crippen LogP contribution < -0.4 is 5.32 Å². The Morgan fingerprint density at radius 1 is 1.47 bits per heavy atom. The molecular formula is C11H12BrN3. The third-order valence-corrected chi connectivity index (χ3v) is 2.72. The Balaban J connectivity index is 2.11. The van der Waals surface area contributed by atoms with E-state index in [1.54, 1.807) is 6.20 Å². The lowest BCUT2D eigenvalue weighted by Gasteiger charge is -2.14. The summed E-state index contributed by atoms with van der Waals surface area (Å²) >= 11 is 3.46. The highest BCUT2D eigenvalue weighted by Crippen LogP contribution is 2.21. The molecule has 0 bridgehead atoms. The van der Waals surface area contributed by atoms with E-state index in [-0.39, 0.29) is 6.04 Å². The van der Waals surface area contributed by atoms with Crippen molar-refractivity contribution in [1.82, 2.24) is 10.2 Å². The van der Waals surface area contributed by atoms with Crippen LogP contribution in [0.2, 0.25) is 0 Å². The van der Waals surface area contributed by atoms with E-state index in [2.05, 4.69) is 50.5 Å². The van der Waals surface area contributed by atoms with Gasteiger partial charge in [0, 0.05) is 16.7 Å². The van der Waals surface area contributed by atoms with Gasteiger partial charge in [-0.2, -0.15) is 5.10 Å². The Morgan fingerprint density at radius 3 is 3.00 bits per heavy atom. The summed E-state index contributed by atoms with van der Waals surface area (Å²) < 4.78 is 1.10. The zero-order valence-corrected chi connectivity index (χ0v) is 9.95. The summed E-state index contributed by atoms with van der Waals surface area (Å²) in [7, 11) is 0. The van der Waals surface area contributed by atoms with E-state index in [0.29, 0.717) is 0 Å². The lowest BCUT2D eigenvalue weighted by molar-refractivity contribution is 0.884. The number of nitrogens with one attached hydrogen (secondary N) is 2. The van der Waals surface area contributed by atoms with Crippen molar-refractivity contribution in [2.75, 3.05) is 5.32 Å². The molecule has 0 aliphatic rings. The van der Waals surface area contributed by atoms with Crippen LogP contribution in [-0.2, 0) is 0 Å². The molecule has 15 heavy (non-hydrogen) atoms. The van der Waals surface area contributed by atoms with Gasteiger partial charge in [-0.15, -0.1) is 0 Å². The van der Waals surface area contributed by atoms with Gasteiger partial charge in [0.15, 0.2) is 0 Å². The molecule has 1 heterocycles. The van der Waals surface area contributed by atoms with Gasteiger partial charge in [-0.3, -0.25) is 5.10 Å². The van der Waals surface area contributed by atoms with E-state index < -0.39 is 0 Å². The maximum absolute atomic E-state index is 3.89. The van der Waals surface area contributed by atoms with Crippen molar-refractivity contribution in [3.05, 3.63) is 46.7 Å². The van der Waals surface area contributed by atoms with Gasteiger partial charge in [-0.25, -0.2) is 0 Å². The van der Waals surface area contributed by atoms with Crippen LogP contribution in [0.15, 0.2) is 41.1 Å². The Kier molecular flexibility index (Phi) is 3.06. The smallest absolute Gasteiger partial charge is 0.0728 e. The summed E-state index contributed by atoms with van der Waals surface area (Å²) in [6, 6.07) is 8.53. The topological polar surface area (TPSA) is 40.7 Å². The zero-order chi connectivity index (χ0) is 10.7. The van der Waals surface area contributed by atoms with Gasteiger partial charge in [0.05, 0.1) is 11.9 Å². The second kappa shape index (κ2) is 4.49. The van der Waals surface area contributed by atoms with Crippen molar-refractivity contribution in [3.63, 3.8) is 0 Å². The van der Waals surface area contributed by atoms with E-state index in [1.807, 2.05) is 18.3 Å². The lowest BCUT2D eigenvalue weighted by Crippen LogP contribution is -2.05. The normalized spacial score (nSPS) is 12.4. The number of hydrogen-bond donors (Lipinski definition) is 2. The van der Waals surface area contributed by atoms with Gasteiger partial charge >= 0.3 is 0 Å². The quantitative estimate of drug-likeness (QED) is 0.894. The minimum absolute atomic E-state index is 0.264. The molecule has 3 nitrogen and oxygen atoms in total. The molecule has 4 heteroatoms. The van der Waals surface area contributed by atoms with Gasteiger partial charge in [0.25, 0.3) is 0 Å². The van der Waals surface area contributed by atoms with E-state index >= 15 is 0 Å². The summed E-state index contributed by atoms with van der Waals surface area (Å²) in [6.45, 7) is 2.12. The molecule has 0 radical (unpaired) electrons. The van der Waals surface area contributed by atoms with Crippen LogP contribution in [0.3, 0.4) is 0 Å². The van der Waals surface area contributed by atoms with Gasteiger partial charge in [-0.05, 0) is 24.6 Å². The minimum Gasteiger partial charge on any atom is -0.376 e. The molecule has 0 aliphatic carbocycles. The summed E-state index contributed by atoms with van der Waals surface area (Å²) in [5.74, 6) is 0. The first-order chi connectivity index (χ1) is 7.25. The molecule has 0 spiro atoms. The first-order valence-corrected chi connectivity index (χ1v) is 5.56. The van der Waals surface area contributed by atoms with Crippen LogP contribution in [0.4, 0.5) is 5.69 Å². The molecular weight excluding hydrogens is 254 g/mol. The fourth-order valence-corrected chi connectivity index (χ4v) is 1.86. The van der Waals surface area contributed by atoms with Crippen LogP contribution in [0.25, 0.3) is 0 Å². The molecule has 0 amide bonds. The number of benzene rings is 1. The highest BCUT2D eigenvalue weighted by atomic mass is 79.9. The van der Waals surface area contributed by atoms with Crippen LogP contribution in [0, 0.1) is 0 Å². The number of rotatable bonds is 3. The van der Waals surface area contributed by atoms with Crippen molar-refractivity contribution >= 4 is 21.6 Å². The number of anilines is 1. The molecule has 0 saturated carbocycles. The van der Waals surface area contributed by atoms with Crippen LogP contribution in [-0.4, -0.2) is 10.2 Å². The molecule has 1 aromatic carbocycles. The second-order valence-corrected chi connectivity index (χ2v) is 4.32. The van der Waals surface area contributed by atoms with Gasteiger partial charge in [-0.1, -0.05) is 28.1 Å². The van der Waals surface area contributed by atoms with Crippen LogP contribution >= 0.6 is 15.9 Å². The third-order valence-electron chi connectivity index (χ3n) is 2.23. The number of aromatic amines is 1. The Bertz CT molecular complexity index is 425. The SMILES string of the molecule is CC(Nc1cn[nH]c1)c1cccc(Br)c1. The minimum atomic E-state index is 0.264. The Labute approximate surface area is 97.0 Å². The van der Waals surface area contributed by atoms with Crippen molar-refractivity contribution < 1.29 is 0 Å². The van der Waals surface area contributed by atoms with Crippen LogP contribution in [0.5, 0.6) is 0 Å². The third kappa shape index (κ3) is 2.59. The van der Waals surface area contributed by atoms with E-state index in [4.69, 9.17) is 0 Å². The number of aromatic nitrogens is 2. The maximum Gasteiger partial charge on any atom is 0.0728 e. The summed E-state index contributed by atoms with van der Waals surface area (Å²) in [5.41, 5.74) is 2.24. The molecule has 0 saturated heterocycles. The summed E-state index contributed by atoms with van der Waals surface area (Å²) in [4.78, 5) is 0. The van der Waals surface area contributed by atoms with Crippen molar-refractivity contribution in [3.8, 4) is 0 Å². The highest BCUT2D eigenvalue weighted by Gasteiger charge is 2.05. The predicted octanol–water partition coefficient (Wildman–Crippen LogP) is 3.35. The first kappa shape index (κ1) is 10.2. The Hall–Kier alpha value is -1.29. The van der Waals surface area contributed by atoms with Crippen molar-refractivity contribution in [2.45, 2.75) is 13.0 Å². The fraction of sp³-hybridized carbons (Fsp3) is 0.182. The molecule has 1 unspecified atom stereocenters. The molecule has 1 aromatic heterocycles. The maximum atomic E-state index is 3.89. The predicted molar refractivity (Wildman–Crippen MR) is 64.8 cm³/mol. The number of halogens is 1. The summed E-state index contributed by atoms with van der Waals surface area (Å²) in [6.07, 6.45) is 3.61. The molecule has 2 rings (SSSR count). The number of nitrogens with zero attached hydrogens (tertiary/aromatic N) is 1. The summed E-state index contributed by atoms with van der Waals surface area (Å²) in [5, 5.41) is 10.0. The number of hydrogen-bond acceptors (Lipinski definition) is 2. The second-order valence-electron chi connectivity index (χ2n) is 3.41. The standard InChI is InChI=1S/C11H12BrN3/c1-8(15-11-6-13-14-7-11)9-3-2-4-10(12)5-9/h2-8,15H,1H3,(H,13,14). The van der Waals surface area contributed by atoms with E-state index in [1.165, 1.54) is 5.56 Å².